The van der Waals surface area contributed by atoms with Gasteiger partial charge in [-0.05, 0) is 49.1 Å². The van der Waals surface area contributed by atoms with Gasteiger partial charge >= 0.3 is 0 Å². The van der Waals surface area contributed by atoms with Crippen molar-refractivity contribution in [1.29, 1.82) is 0 Å². The summed E-state index contributed by atoms with van der Waals surface area (Å²) in [5.41, 5.74) is 2.97. The highest BCUT2D eigenvalue weighted by atomic mass is 19.2. The fourth-order valence-corrected chi connectivity index (χ4v) is 2.20. The molecule has 0 spiro atoms. The van der Waals surface area contributed by atoms with Crippen LogP contribution in [-0.2, 0) is 0 Å². The van der Waals surface area contributed by atoms with Crippen LogP contribution in [0.25, 0.3) is 0 Å². The van der Waals surface area contributed by atoms with Crippen molar-refractivity contribution in [2.75, 3.05) is 0 Å². The van der Waals surface area contributed by atoms with E-state index in [1.54, 1.807) is 13.0 Å². The van der Waals surface area contributed by atoms with Crippen LogP contribution < -0.4 is 0 Å². The molecule has 2 rings (SSSR count). The van der Waals surface area contributed by atoms with E-state index in [2.05, 4.69) is 0 Å². The maximum atomic E-state index is 13.7. The van der Waals surface area contributed by atoms with Crippen molar-refractivity contribution in [1.82, 2.24) is 0 Å². The van der Waals surface area contributed by atoms with E-state index in [0.29, 0.717) is 5.56 Å². The molecule has 1 unspecified atom stereocenters. The van der Waals surface area contributed by atoms with Crippen LogP contribution in [0.2, 0.25) is 0 Å². The molecule has 20 heavy (non-hydrogen) atoms. The van der Waals surface area contributed by atoms with Gasteiger partial charge in [-0.25, -0.2) is 13.2 Å². The summed E-state index contributed by atoms with van der Waals surface area (Å²) in [4.78, 5) is 0. The maximum Gasteiger partial charge on any atom is 0.194 e. The van der Waals surface area contributed by atoms with Gasteiger partial charge in [-0.15, -0.1) is 0 Å². The van der Waals surface area contributed by atoms with E-state index in [0.717, 1.165) is 28.8 Å². The number of aryl methyl sites for hydroxylation is 3. The van der Waals surface area contributed by atoms with Crippen molar-refractivity contribution < 1.29 is 18.3 Å². The Bertz CT molecular complexity index is 663. The van der Waals surface area contributed by atoms with Gasteiger partial charge in [-0.2, -0.15) is 0 Å². The smallest absolute Gasteiger partial charge is 0.194 e. The lowest BCUT2D eigenvalue weighted by molar-refractivity contribution is 0.212. The van der Waals surface area contributed by atoms with E-state index in [4.69, 9.17) is 0 Å². The Labute approximate surface area is 115 Å². The first-order valence-corrected chi connectivity index (χ1v) is 6.22. The van der Waals surface area contributed by atoms with E-state index < -0.39 is 23.6 Å². The molecule has 0 bridgehead atoms. The van der Waals surface area contributed by atoms with Crippen molar-refractivity contribution in [2.45, 2.75) is 26.9 Å². The van der Waals surface area contributed by atoms with E-state index in [1.165, 1.54) is 0 Å². The average Bonchev–Trinajstić information content (AvgIpc) is 2.40. The number of hydrogen-bond acceptors (Lipinski definition) is 1. The predicted molar refractivity (Wildman–Crippen MR) is 71.0 cm³/mol. The van der Waals surface area contributed by atoms with Crippen LogP contribution in [-0.4, -0.2) is 5.11 Å². The predicted octanol–water partition coefficient (Wildman–Crippen LogP) is 4.11. The maximum absolute atomic E-state index is 13.7. The number of benzene rings is 2. The van der Waals surface area contributed by atoms with Gasteiger partial charge in [0.15, 0.2) is 17.5 Å². The second kappa shape index (κ2) is 5.29. The van der Waals surface area contributed by atoms with Gasteiger partial charge < -0.3 is 5.11 Å². The second-order valence-corrected chi connectivity index (χ2v) is 4.96. The normalized spacial score (nSPS) is 12.6. The largest absolute Gasteiger partial charge is 0.384 e. The summed E-state index contributed by atoms with van der Waals surface area (Å²) in [5.74, 6) is -4.19. The van der Waals surface area contributed by atoms with Gasteiger partial charge in [-0.1, -0.05) is 18.2 Å². The topological polar surface area (TPSA) is 20.2 Å². The molecule has 0 aromatic heterocycles. The Hall–Kier alpha value is -1.81. The second-order valence-electron chi connectivity index (χ2n) is 4.96. The third kappa shape index (κ3) is 2.43. The Morgan fingerprint density at radius 3 is 2.05 bits per heavy atom. The first kappa shape index (κ1) is 14.6. The molecule has 0 saturated carbocycles. The Morgan fingerprint density at radius 2 is 1.40 bits per heavy atom. The Morgan fingerprint density at radius 1 is 0.800 bits per heavy atom. The van der Waals surface area contributed by atoms with Gasteiger partial charge in [0.25, 0.3) is 0 Å². The van der Waals surface area contributed by atoms with Crippen LogP contribution in [0.1, 0.15) is 33.9 Å². The molecular formula is C16H15F3O. The summed E-state index contributed by atoms with van der Waals surface area (Å²) in [6, 6.07) is 5.47. The van der Waals surface area contributed by atoms with E-state index >= 15 is 0 Å². The van der Waals surface area contributed by atoms with Crippen LogP contribution in [0.5, 0.6) is 0 Å². The van der Waals surface area contributed by atoms with Crippen molar-refractivity contribution in [3.63, 3.8) is 0 Å². The Kier molecular flexibility index (Phi) is 3.86. The lowest BCUT2D eigenvalue weighted by atomic mass is 9.93. The van der Waals surface area contributed by atoms with Gasteiger partial charge in [0.2, 0.25) is 0 Å². The van der Waals surface area contributed by atoms with Crippen LogP contribution in [0.4, 0.5) is 13.2 Å². The fourth-order valence-electron chi connectivity index (χ4n) is 2.20. The summed E-state index contributed by atoms with van der Waals surface area (Å²) in [6.07, 6.45) is -1.33. The van der Waals surface area contributed by atoms with Gasteiger partial charge in [0.1, 0.15) is 6.10 Å². The average molecular weight is 280 g/mol. The molecule has 4 heteroatoms. The van der Waals surface area contributed by atoms with Crippen LogP contribution in [0.15, 0.2) is 24.3 Å². The minimum atomic E-state index is -1.57. The lowest BCUT2D eigenvalue weighted by Gasteiger charge is -2.17. The molecule has 1 N–H and O–H groups in total. The number of hydrogen-bond donors (Lipinski definition) is 1. The molecule has 0 radical (unpaired) electrons. The molecule has 0 aliphatic carbocycles. The van der Waals surface area contributed by atoms with Gasteiger partial charge in [0.05, 0.1) is 0 Å². The highest BCUT2D eigenvalue weighted by Crippen LogP contribution is 2.30. The van der Waals surface area contributed by atoms with Crippen LogP contribution in [0, 0.1) is 38.2 Å². The summed E-state index contributed by atoms with van der Waals surface area (Å²) in [5, 5.41) is 10.3. The molecular weight excluding hydrogens is 265 g/mol. The monoisotopic (exact) mass is 280 g/mol. The molecule has 0 heterocycles. The van der Waals surface area contributed by atoms with Crippen LogP contribution in [0.3, 0.4) is 0 Å². The first-order chi connectivity index (χ1) is 9.32. The first-order valence-electron chi connectivity index (χ1n) is 6.22. The summed E-state index contributed by atoms with van der Waals surface area (Å²) >= 11 is 0. The SMILES string of the molecule is Cc1cc(C)c(C(O)c2ccc(F)c(F)c2F)cc1C. The highest BCUT2D eigenvalue weighted by molar-refractivity contribution is 5.41. The molecule has 0 amide bonds. The molecule has 106 valence electrons. The summed E-state index contributed by atoms with van der Waals surface area (Å²) in [6.45, 7) is 5.58. The zero-order chi connectivity index (χ0) is 15.0. The summed E-state index contributed by atoms with van der Waals surface area (Å²) < 4.78 is 39.9. The minimum absolute atomic E-state index is 0.268. The number of rotatable bonds is 2. The molecule has 1 nitrogen and oxygen atoms in total. The zero-order valence-corrected chi connectivity index (χ0v) is 11.5. The standard InChI is InChI=1S/C16H15F3O/c1-8-6-10(3)12(7-9(8)2)16(20)11-4-5-13(17)15(19)14(11)18/h4-7,16,20H,1-3H3. The van der Waals surface area contributed by atoms with Crippen molar-refractivity contribution in [2.24, 2.45) is 0 Å². The number of aliphatic hydroxyl groups excluding tert-OH is 1. The van der Waals surface area contributed by atoms with E-state index in [1.807, 2.05) is 19.9 Å². The molecule has 0 aliphatic heterocycles. The summed E-state index contributed by atoms with van der Waals surface area (Å²) in [7, 11) is 0. The number of aliphatic hydroxyl groups is 1. The Balaban J connectivity index is 2.55. The van der Waals surface area contributed by atoms with E-state index in [9.17, 15) is 18.3 Å². The number of halogens is 3. The molecule has 0 fully saturated rings. The minimum Gasteiger partial charge on any atom is -0.384 e. The fraction of sp³-hybridized carbons (Fsp3) is 0.250. The van der Waals surface area contributed by atoms with Crippen LogP contribution >= 0.6 is 0 Å². The van der Waals surface area contributed by atoms with Crippen molar-refractivity contribution >= 4 is 0 Å². The highest BCUT2D eigenvalue weighted by Gasteiger charge is 2.22. The quantitative estimate of drug-likeness (QED) is 0.821. The van der Waals surface area contributed by atoms with Gasteiger partial charge in [-0.3, -0.25) is 0 Å². The molecule has 0 aliphatic rings. The molecule has 1 atom stereocenters. The molecule has 0 saturated heterocycles. The van der Waals surface area contributed by atoms with Gasteiger partial charge in [0, 0.05) is 5.56 Å². The van der Waals surface area contributed by atoms with Crippen molar-refractivity contribution in [3.05, 3.63) is 69.5 Å². The van der Waals surface area contributed by atoms with E-state index in [-0.39, 0.29) is 5.56 Å². The third-order valence-corrected chi connectivity index (χ3v) is 3.54. The zero-order valence-electron chi connectivity index (χ0n) is 11.5. The molecule has 2 aromatic rings. The lowest BCUT2D eigenvalue weighted by Crippen LogP contribution is -2.08. The van der Waals surface area contributed by atoms with Crippen molar-refractivity contribution in [3.8, 4) is 0 Å². The molecule has 2 aromatic carbocycles. The third-order valence-electron chi connectivity index (χ3n) is 3.54.